The van der Waals surface area contributed by atoms with E-state index in [1.807, 2.05) is 18.5 Å². The SMILES string of the molecule is Cc1cc(C)cc(-c2nccc3ccc(Br)cc23)c1.Cc1cc(C)cc(-c2nccc3ccc(C)cc23)c1.F.[Br-].[CH3-].[H-].[K+].[Mg+2]. The van der Waals surface area contributed by atoms with Gasteiger partial charge < -0.3 is 25.8 Å². The molecule has 0 fully saturated rings. The second kappa shape index (κ2) is 18.8. The maximum absolute atomic E-state index is 4.60. The van der Waals surface area contributed by atoms with Gasteiger partial charge in [-0.1, -0.05) is 74.1 Å². The molecule has 2 nitrogen and oxygen atoms in total. The minimum atomic E-state index is 0. The maximum Gasteiger partial charge on any atom is 2.00 e. The minimum absolute atomic E-state index is 0. The van der Waals surface area contributed by atoms with Gasteiger partial charge in [0.25, 0.3) is 0 Å². The van der Waals surface area contributed by atoms with Crippen LogP contribution < -0.4 is 68.4 Å². The second-order valence-electron chi connectivity index (χ2n) is 10.2. The van der Waals surface area contributed by atoms with E-state index in [1.165, 1.54) is 60.5 Å². The normalized spacial score (nSPS) is 9.63. The summed E-state index contributed by atoms with van der Waals surface area (Å²) in [6.45, 7) is 10.6. The van der Waals surface area contributed by atoms with Gasteiger partial charge in [-0.15, -0.1) is 0 Å². The Labute approximate surface area is 334 Å². The Morgan fingerprint density at radius 1 is 0.535 bits per heavy atom. The fourth-order valence-electron chi connectivity index (χ4n) is 5.11. The van der Waals surface area contributed by atoms with E-state index in [-0.39, 0.29) is 105 Å². The Hall–Kier alpha value is -1.01. The van der Waals surface area contributed by atoms with Gasteiger partial charge in [0.1, 0.15) is 0 Å². The summed E-state index contributed by atoms with van der Waals surface area (Å²) in [5.74, 6) is 0. The van der Waals surface area contributed by atoms with Crippen molar-refractivity contribution in [1.29, 1.82) is 0 Å². The zero-order chi connectivity index (χ0) is 26.8. The van der Waals surface area contributed by atoms with Crippen LogP contribution in [-0.2, 0) is 0 Å². The predicted octanol–water partition coefficient (Wildman–Crippen LogP) is 4.45. The Bertz CT molecular complexity index is 1640. The first-order valence-corrected chi connectivity index (χ1v) is 13.6. The molecule has 0 aliphatic carbocycles. The molecule has 0 saturated carbocycles. The molecule has 2 heterocycles. The van der Waals surface area contributed by atoms with Gasteiger partial charge in [0.2, 0.25) is 0 Å². The Balaban J connectivity index is 0. The third kappa shape index (κ3) is 10.5. The summed E-state index contributed by atoms with van der Waals surface area (Å²) in [4.78, 5) is 9.18. The molecule has 0 amide bonds. The molecule has 43 heavy (non-hydrogen) atoms. The number of halogens is 3. The largest absolute Gasteiger partial charge is 2.00 e. The third-order valence-electron chi connectivity index (χ3n) is 6.64. The van der Waals surface area contributed by atoms with E-state index in [4.69, 9.17) is 0 Å². The van der Waals surface area contributed by atoms with Gasteiger partial charge in [-0.25, -0.2) is 0 Å². The zero-order valence-electron chi connectivity index (χ0n) is 27.0. The Kier molecular flexibility index (Phi) is 18.4. The van der Waals surface area contributed by atoms with Crippen molar-refractivity contribution in [3.8, 4) is 22.5 Å². The molecule has 214 valence electrons. The van der Waals surface area contributed by atoms with E-state index in [0.29, 0.717) is 0 Å². The van der Waals surface area contributed by atoms with Crippen molar-refractivity contribution in [3.63, 3.8) is 0 Å². The van der Waals surface area contributed by atoms with Gasteiger partial charge in [-0.3, -0.25) is 14.7 Å². The van der Waals surface area contributed by atoms with E-state index in [2.05, 4.69) is 139 Å². The summed E-state index contributed by atoms with van der Waals surface area (Å²) >= 11 is 3.54. The molecule has 0 N–H and O–H groups in total. The minimum Gasteiger partial charge on any atom is -1.00 e. The van der Waals surface area contributed by atoms with Crippen molar-refractivity contribution in [2.75, 3.05) is 0 Å². The molecule has 0 aliphatic heterocycles. The molecule has 0 radical (unpaired) electrons. The van der Waals surface area contributed by atoms with Gasteiger partial charge in [0.05, 0.1) is 11.4 Å². The van der Waals surface area contributed by atoms with Gasteiger partial charge >= 0.3 is 74.4 Å². The van der Waals surface area contributed by atoms with Crippen molar-refractivity contribution < 1.29 is 74.5 Å². The molecule has 0 unspecified atom stereocenters. The summed E-state index contributed by atoms with van der Waals surface area (Å²) in [5.41, 5.74) is 10.9. The van der Waals surface area contributed by atoms with Gasteiger partial charge in [0.15, 0.2) is 0 Å². The number of hydrogen-bond donors (Lipinski definition) is 0. The summed E-state index contributed by atoms with van der Waals surface area (Å²) < 4.78 is 1.08. The van der Waals surface area contributed by atoms with Gasteiger partial charge in [-0.05, 0) is 100.0 Å². The topological polar surface area (TPSA) is 25.8 Å². The van der Waals surface area contributed by atoms with Crippen LogP contribution in [0.3, 0.4) is 0 Å². The molecule has 6 aromatic rings. The van der Waals surface area contributed by atoms with Crippen LogP contribution in [0.1, 0.15) is 29.2 Å². The van der Waals surface area contributed by atoms with Crippen molar-refractivity contribution >= 4 is 60.5 Å². The average molecular weight is 739 g/mol. The van der Waals surface area contributed by atoms with Crippen LogP contribution in [0.4, 0.5) is 4.70 Å². The van der Waals surface area contributed by atoms with Crippen molar-refractivity contribution in [1.82, 2.24) is 9.97 Å². The molecular weight excluding hydrogens is 703 g/mol. The maximum atomic E-state index is 4.60. The number of rotatable bonds is 2. The number of fused-ring (bicyclic) bond motifs is 2. The number of aryl methyl sites for hydroxylation is 5. The number of aromatic nitrogens is 2. The number of nitrogens with zero attached hydrogens (tertiary/aromatic N) is 2. The number of benzene rings is 4. The van der Waals surface area contributed by atoms with Gasteiger partial charge in [0, 0.05) is 38.8 Å². The van der Waals surface area contributed by atoms with E-state index in [0.717, 1.165) is 15.9 Å². The van der Waals surface area contributed by atoms with Gasteiger partial charge in [-0.2, -0.15) is 0 Å². The summed E-state index contributed by atoms with van der Waals surface area (Å²) in [6, 6.07) is 30.1. The molecule has 6 rings (SSSR count). The van der Waals surface area contributed by atoms with Crippen LogP contribution >= 0.6 is 15.9 Å². The molecule has 0 spiro atoms. The zero-order valence-corrected chi connectivity index (χ0v) is 33.7. The Morgan fingerprint density at radius 3 is 1.37 bits per heavy atom. The molecule has 0 atom stereocenters. The summed E-state index contributed by atoms with van der Waals surface area (Å²) in [6.07, 6.45) is 3.77. The molecule has 2 aromatic heterocycles. The first-order valence-electron chi connectivity index (χ1n) is 12.8. The first kappa shape index (κ1) is 42.0. The number of hydrogen-bond acceptors (Lipinski definition) is 2. The molecule has 7 heteroatoms. The average Bonchev–Trinajstić information content (AvgIpc) is 2.87. The predicted molar refractivity (Wildman–Crippen MR) is 182 cm³/mol. The van der Waals surface area contributed by atoms with E-state index < -0.39 is 0 Å². The smallest absolute Gasteiger partial charge is 1.00 e. The van der Waals surface area contributed by atoms with Crippen LogP contribution in [0.25, 0.3) is 44.1 Å². The van der Waals surface area contributed by atoms with E-state index in [1.54, 1.807) is 0 Å². The van der Waals surface area contributed by atoms with Crippen molar-refractivity contribution in [2.45, 2.75) is 34.6 Å². The summed E-state index contributed by atoms with van der Waals surface area (Å²) in [5, 5.41) is 4.87. The fraction of sp³-hybridized carbons (Fsp3) is 0.139. The molecular formula is C36H36Br2FKMgN2. The van der Waals surface area contributed by atoms with Crippen LogP contribution in [0.15, 0.2) is 102 Å². The molecule has 0 bridgehead atoms. The van der Waals surface area contributed by atoms with Crippen LogP contribution in [0.5, 0.6) is 0 Å². The standard InChI is InChI=1S/C18H17N.C17H14BrN.CH3.BrH.FH.K.Mg.H/c1-12-4-5-15-6-7-19-18(17(15)11-12)16-9-13(2)8-14(3)10-16;1-11-7-12(2)9-14(8-11)17-16-10-15(18)4-3-13(16)5-6-19-17;;;;;;/h4-11H,1-3H3;3-10H,1-2H3;1H3;2*1H;;;/q;;-1;;;+1;+2;-1/p-1. The van der Waals surface area contributed by atoms with E-state index >= 15 is 0 Å². The first-order chi connectivity index (χ1) is 18.3. The Morgan fingerprint density at radius 2 is 0.930 bits per heavy atom. The molecule has 0 aliphatic rings. The monoisotopic (exact) mass is 736 g/mol. The quantitative estimate of drug-likeness (QED) is 0.194. The van der Waals surface area contributed by atoms with E-state index in [9.17, 15) is 0 Å². The van der Waals surface area contributed by atoms with Crippen molar-refractivity contribution in [2.24, 2.45) is 0 Å². The molecule has 4 aromatic carbocycles. The van der Waals surface area contributed by atoms with Crippen LogP contribution in [-0.4, -0.2) is 33.0 Å². The summed E-state index contributed by atoms with van der Waals surface area (Å²) in [7, 11) is 0. The van der Waals surface area contributed by atoms with Crippen LogP contribution in [0, 0.1) is 42.0 Å². The van der Waals surface area contributed by atoms with Crippen LogP contribution in [0.2, 0.25) is 0 Å². The van der Waals surface area contributed by atoms with Crippen molar-refractivity contribution in [3.05, 3.63) is 137 Å². The third-order valence-corrected chi connectivity index (χ3v) is 7.13. The number of pyridine rings is 2. The second-order valence-corrected chi connectivity index (χ2v) is 11.1. The fourth-order valence-corrected chi connectivity index (χ4v) is 5.47. The molecule has 0 saturated heterocycles.